The summed E-state index contributed by atoms with van der Waals surface area (Å²) in [6.45, 7) is 11.1. The maximum atomic E-state index is 12.4. The van der Waals surface area contributed by atoms with E-state index in [4.69, 9.17) is 14.2 Å². The van der Waals surface area contributed by atoms with Crippen LogP contribution in [0.1, 0.15) is 13.8 Å². The smallest absolute Gasteiger partial charge is 0.163 e. The number of aliphatic hydroxyl groups excluding tert-OH is 1. The summed E-state index contributed by atoms with van der Waals surface area (Å²) >= 11 is 0. The van der Waals surface area contributed by atoms with E-state index in [0.717, 1.165) is 0 Å². The minimum Gasteiger partial charge on any atom is -0.457 e. The molecular formula is C19H24O5S. The normalized spacial score (nSPS) is 22.2. The summed E-state index contributed by atoms with van der Waals surface area (Å²) in [5.74, 6) is 0.538. The molecule has 1 N–H and O–H groups in total. The van der Waals surface area contributed by atoms with Gasteiger partial charge < -0.3 is 19.3 Å². The van der Waals surface area contributed by atoms with Crippen molar-refractivity contribution in [2.75, 3.05) is 12.4 Å². The van der Waals surface area contributed by atoms with Crippen molar-refractivity contribution >= 4 is 10.8 Å². The fourth-order valence-corrected chi connectivity index (χ4v) is 3.48. The van der Waals surface area contributed by atoms with Gasteiger partial charge in [-0.1, -0.05) is 19.2 Å². The average molecular weight is 364 g/mol. The Morgan fingerprint density at radius 1 is 1.44 bits per heavy atom. The lowest BCUT2D eigenvalue weighted by atomic mass is 10.2. The van der Waals surface area contributed by atoms with E-state index in [-0.39, 0.29) is 12.4 Å². The van der Waals surface area contributed by atoms with E-state index in [9.17, 15) is 9.32 Å². The van der Waals surface area contributed by atoms with Crippen LogP contribution in [0, 0.1) is 0 Å². The van der Waals surface area contributed by atoms with Gasteiger partial charge in [0, 0.05) is 4.90 Å². The third-order valence-corrected chi connectivity index (χ3v) is 5.03. The highest BCUT2D eigenvalue weighted by Crippen LogP contribution is 2.25. The Balaban J connectivity index is 1.95. The maximum absolute atomic E-state index is 12.4. The van der Waals surface area contributed by atoms with Gasteiger partial charge in [-0.25, -0.2) is 0 Å². The molecule has 1 aliphatic rings. The molecule has 1 aliphatic heterocycles. The molecule has 1 saturated heterocycles. The second-order valence-electron chi connectivity index (χ2n) is 6.03. The zero-order chi connectivity index (χ0) is 18.4. The van der Waals surface area contributed by atoms with Crippen molar-refractivity contribution in [2.45, 2.75) is 36.7 Å². The van der Waals surface area contributed by atoms with Crippen molar-refractivity contribution in [1.29, 1.82) is 0 Å². The van der Waals surface area contributed by atoms with Crippen LogP contribution in [0.4, 0.5) is 0 Å². The number of allylic oxidation sites excluding steroid dienone is 3. The minimum absolute atomic E-state index is 0.0819. The first-order valence-corrected chi connectivity index (χ1v) is 9.28. The van der Waals surface area contributed by atoms with Crippen molar-refractivity contribution in [2.24, 2.45) is 0 Å². The van der Waals surface area contributed by atoms with Gasteiger partial charge in [-0.2, -0.15) is 0 Å². The molecular weight excluding hydrogens is 340 g/mol. The van der Waals surface area contributed by atoms with Crippen LogP contribution < -0.4 is 4.74 Å². The highest BCUT2D eigenvalue weighted by atomic mass is 32.2. The lowest BCUT2D eigenvalue weighted by Gasteiger charge is -2.20. The third kappa shape index (κ3) is 5.64. The highest BCUT2D eigenvalue weighted by Gasteiger charge is 2.37. The molecule has 25 heavy (non-hydrogen) atoms. The van der Waals surface area contributed by atoms with Crippen molar-refractivity contribution in [1.82, 2.24) is 0 Å². The van der Waals surface area contributed by atoms with Crippen molar-refractivity contribution in [3.05, 3.63) is 61.4 Å². The summed E-state index contributed by atoms with van der Waals surface area (Å²) in [5, 5.41) is 10.2. The molecule has 0 spiro atoms. The standard InChI is InChI=1S/C19H24O5S/c1-5-7-14(6-2)23-15-8-10-16(11-9-15)25(21)13-17(20)18-12-22-19(3,4)24-18/h5-11,17-18,20H,1-2,12-13H2,3-4H3/b14-7+. The zero-order valence-corrected chi connectivity index (χ0v) is 15.3. The molecule has 0 aromatic heterocycles. The van der Waals surface area contributed by atoms with Gasteiger partial charge in [-0.05, 0) is 50.3 Å². The van der Waals surface area contributed by atoms with Crippen LogP contribution in [0.5, 0.6) is 5.75 Å². The summed E-state index contributed by atoms with van der Waals surface area (Å²) in [7, 11) is -1.35. The number of rotatable bonds is 8. The van der Waals surface area contributed by atoms with Crippen molar-refractivity contribution in [3.63, 3.8) is 0 Å². The predicted molar refractivity (Wildman–Crippen MR) is 97.7 cm³/mol. The molecule has 0 bridgehead atoms. The van der Waals surface area contributed by atoms with Gasteiger partial charge >= 0.3 is 0 Å². The summed E-state index contributed by atoms with van der Waals surface area (Å²) in [4.78, 5) is 0.609. The predicted octanol–water partition coefficient (Wildman–Crippen LogP) is 2.94. The Morgan fingerprint density at radius 2 is 2.12 bits per heavy atom. The van der Waals surface area contributed by atoms with Crippen LogP contribution in [0.3, 0.4) is 0 Å². The molecule has 136 valence electrons. The fourth-order valence-electron chi connectivity index (χ4n) is 2.32. The first-order valence-electron chi connectivity index (χ1n) is 7.96. The Bertz CT molecular complexity index is 663. The number of ether oxygens (including phenoxy) is 3. The van der Waals surface area contributed by atoms with Gasteiger partial charge in [0.2, 0.25) is 0 Å². The molecule has 0 radical (unpaired) electrons. The van der Waals surface area contributed by atoms with E-state index in [1.165, 1.54) is 0 Å². The van der Waals surface area contributed by atoms with Crippen LogP contribution in [-0.4, -0.2) is 39.7 Å². The van der Waals surface area contributed by atoms with Crippen LogP contribution in [-0.2, 0) is 20.3 Å². The molecule has 1 aromatic carbocycles. The average Bonchev–Trinajstić information content (AvgIpc) is 2.95. The van der Waals surface area contributed by atoms with Crippen LogP contribution in [0.2, 0.25) is 0 Å². The Morgan fingerprint density at radius 3 is 2.64 bits per heavy atom. The molecule has 1 heterocycles. The van der Waals surface area contributed by atoms with Gasteiger partial charge in [0.25, 0.3) is 0 Å². The highest BCUT2D eigenvalue weighted by molar-refractivity contribution is 7.85. The zero-order valence-electron chi connectivity index (χ0n) is 14.5. The summed E-state index contributed by atoms with van der Waals surface area (Å²) in [5.41, 5.74) is 0. The second kappa shape index (κ2) is 8.58. The molecule has 1 aromatic rings. The summed E-state index contributed by atoms with van der Waals surface area (Å²) in [6, 6.07) is 6.86. The minimum atomic E-state index is -1.35. The van der Waals surface area contributed by atoms with E-state index >= 15 is 0 Å². The van der Waals surface area contributed by atoms with Crippen molar-refractivity contribution < 1.29 is 23.5 Å². The van der Waals surface area contributed by atoms with E-state index in [0.29, 0.717) is 16.4 Å². The number of aliphatic hydroxyl groups is 1. The van der Waals surface area contributed by atoms with E-state index in [1.807, 2.05) is 0 Å². The molecule has 0 saturated carbocycles. The summed E-state index contributed by atoms with van der Waals surface area (Å²) in [6.07, 6.45) is 3.55. The molecule has 2 rings (SSSR count). The quantitative estimate of drug-likeness (QED) is 0.567. The Labute approximate surface area is 151 Å². The largest absolute Gasteiger partial charge is 0.457 e. The van der Waals surface area contributed by atoms with Crippen LogP contribution in [0.25, 0.3) is 0 Å². The fraction of sp³-hybridized carbons (Fsp3) is 0.368. The Kier molecular flexibility index (Phi) is 6.72. The first-order chi connectivity index (χ1) is 11.8. The molecule has 3 atom stereocenters. The number of hydrogen-bond donors (Lipinski definition) is 1. The lowest BCUT2D eigenvalue weighted by Crippen LogP contribution is -2.34. The van der Waals surface area contributed by atoms with Gasteiger partial charge in [0.15, 0.2) is 5.79 Å². The monoisotopic (exact) mass is 364 g/mol. The van der Waals surface area contributed by atoms with E-state index in [1.54, 1.807) is 56.3 Å². The number of benzene rings is 1. The van der Waals surface area contributed by atoms with Crippen molar-refractivity contribution in [3.8, 4) is 5.75 Å². The molecule has 6 heteroatoms. The van der Waals surface area contributed by atoms with E-state index in [2.05, 4.69) is 13.2 Å². The SMILES string of the molecule is C=C/C=C(\C=C)Oc1ccc(S(=O)CC(O)C2COC(C)(C)O2)cc1. The summed E-state index contributed by atoms with van der Waals surface area (Å²) < 4.78 is 29.1. The topological polar surface area (TPSA) is 65.0 Å². The van der Waals surface area contributed by atoms with Gasteiger partial charge in [-0.15, -0.1) is 0 Å². The molecule has 0 aliphatic carbocycles. The molecule has 3 unspecified atom stereocenters. The van der Waals surface area contributed by atoms with Gasteiger partial charge in [0.1, 0.15) is 17.6 Å². The molecule has 5 nitrogen and oxygen atoms in total. The maximum Gasteiger partial charge on any atom is 0.163 e. The lowest BCUT2D eigenvalue weighted by molar-refractivity contribution is -0.149. The van der Waals surface area contributed by atoms with Crippen LogP contribution in [0.15, 0.2) is 66.3 Å². The number of hydrogen-bond acceptors (Lipinski definition) is 5. The van der Waals surface area contributed by atoms with Crippen LogP contribution >= 0.6 is 0 Å². The molecule has 0 amide bonds. The first kappa shape index (κ1) is 19.6. The Hall–Kier alpha value is -1.73. The van der Waals surface area contributed by atoms with Gasteiger partial charge in [0.05, 0.1) is 29.3 Å². The van der Waals surface area contributed by atoms with Gasteiger partial charge in [-0.3, -0.25) is 4.21 Å². The second-order valence-corrected chi connectivity index (χ2v) is 7.52. The van der Waals surface area contributed by atoms with E-state index < -0.39 is 28.8 Å². The molecule has 1 fully saturated rings. The third-order valence-electron chi connectivity index (χ3n) is 3.59.